The van der Waals surface area contributed by atoms with E-state index >= 15 is 0 Å². The van der Waals surface area contributed by atoms with Crippen molar-refractivity contribution in [1.29, 1.82) is 0 Å². The van der Waals surface area contributed by atoms with E-state index in [9.17, 15) is 4.79 Å². The summed E-state index contributed by atoms with van der Waals surface area (Å²) in [6, 6.07) is 10.1. The molecule has 0 spiro atoms. The molecule has 2 aromatic rings. The van der Waals surface area contributed by atoms with E-state index in [4.69, 9.17) is 9.47 Å². The number of piperazine rings is 1. The number of thiophene rings is 1. The zero-order valence-corrected chi connectivity index (χ0v) is 15.6. The third-order valence-electron chi connectivity index (χ3n) is 5.01. The topological polar surface area (TPSA) is 56.4 Å². The van der Waals surface area contributed by atoms with Crippen molar-refractivity contribution in [1.82, 2.24) is 5.32 Å². The maximum atomic E-state index is 12.3. The number of carbonyl (C=O) groups is 1. The molecule has 3 N–H and O–H groups in total. The van der Waals surface area contributed by atoms with Crippen LogP contribution in [0, 0.1) is 0 Å². The summed E-state index contributed by atoms with van der Waals surface area (Å²) in [5.41, 5.74) is 1.03. The van der Waals surface area contributed by atoms with E-state index < -0.39 is 0 Å². The Bertz CT molecular complexity index is 742. The Balaban J connectivity index is 1.18. The van der Waals surface area contributed by atoms with Gasteiger partial charge in [-0.1, -0.05) is 12.1 Å². The van der Waals surface area contributed by atoms with Crippen LogP contribution in [0.3, 0.4) is 0 Å². The minimum atomic E-state index is 0.111. The van der Waals surface area contributed by atoms with Gasteiger partial charge in [-0.2, -0.15) is 0 Å². The highest BCUT2D eigenvalue weighted by Gasteiger charge is 2.25. The summed E-state index contributed by atoms with van der Waals surface area (Å²) >= 11 is 1.83. The Hall–Kier alpha value is -2.09. The minimum Gasteiger partial charge on any atom is -0.454 e. The van der Waals surface area contributed by atoms with Crippen molar-refractivity contribution >= 4 is 17.2 Å². The number of hydrogen-bond donors (Lipinski definition) is 3. The fourth-order valence-electron chi connectivity index (χ4n) is 3.51. The van der Waals surface area contributed by atoms with Gasteiger partial charge in [0.05, 0.1) is 4.88 Å². The average molecular weight is 375 g/mol. The molecule has 0 unspecified atom stereocenters. The molecule has 6 nitrogen and oxygen atoms in total. The molecular weight excluding hydrogens is 350 g/mol. The predicted molar refractivity (Wildman–Crippen MR) is 98.7 cm³/mol. The van der Waals surface area contributed by atoms with E-state index in [1.165, 1.54) is 9.78 Å². The number of rotatable bonds is 6. The Kier molecular flexibility index (Phi) is 5.38. The first-order valence-corrected chi connectivity index (χ1v) is 9.99. The molecule has 2 aliphatic rings. The van der Waals surface area contributed by atoms with Crippen LogP contribution in [-0.4, -0.2) is 45.4 Å². The number of carbonyl (C=O) groups excluding carboxylic acids is 1. The Morgan fingerprint density at radius 3 is 2.69 bits per heavy atom. The monoisotopic (exact) mass is 375 g/mol. The summed E-state index contributed by atoms with van der Waals surface area (Å²) in [6.07, 6.45) is 0. The van der Waals surface area contributed by atoms with Crippen LogP contribution in [0.25, 0.3) is 0 Å². The van der Waals surface area contributed by atoms with Gasteiger partial charge in [-0.05, 0) is 29.1 Å². The quantitative estimate of drug-likeness (QED) is 0.612. The molecule has 0 aliphatic carbocycles. The second-order valence-corrected chi connectivity index (χ2v) is 7.93. The second-order valence-electron chi connectivity index (χ2n) is 6.90. The average Bonchev–Trinajstić information content (AvgIpc) is 3.33. The summed E-state index contributed by atoms with van der Waals surface area (Å²) in [4.78, 5) is 16.7. The number of ether oxygens (including phenoxy) is 2. The van der Waals surface area contributed by atoms with Crippen LogP contribution >= 0.6 is 11.3 Å². The summed E-state index contributed by atoms with van der Waals surface area (Å²) in [6.45, 7) is 6.83. The Labute approximate surface area is 157 Å². The van der Waals surface area contributed by atoms with E-state index in [-0.39, 0.29) is 12.7 Å². The first-order chi connectivity index (χ1) is 12.8. The van der Waals surface area contributed by atoms with Gasteiger partial charge >= 0.3 is 0 Å². The molecule has 0 saturated carbocycles. The van der Waals surface area contributed by atoms with E-state index in [0.717, 1.165) is 49.8 Å². The highest BCUT2D eigenvalue weighted by Crippen LogP contribution is 2.32. The molecule has 3 heterocycles. The SMILES string of the molecule is O=C(C[NH+]1CC[NH+](Cc2cccs2)CC1)NCc1ccc2c(c1)OCO2. The molecule has 0 atom stereocenters. The van der Waals surface area contributed by atoms with Crippen molar-refractivity contribution in [2.24, 2.45) is 0 Å². The lowest BCUT2D eigenvalue weighted by Gasteiger charge is -2.29. The van der Waals surface area contributed by atoms with Gasteiger partial charge in [-0.25, -0.2) is 0 Å². The van der Waals surface area contributed by atoms with Gasteiger partial charge in [-0.3, -0.25) is 4.79 Å². The van der Waals surface area contributed by atoms with Crippen LogP contribution in [0.2, 0.25) is 0 Å². The fourth-order valence-corrected chi connectivity index (χ4v) is 4.29. The van der Waals surface area contributed by atoms with Gasteiger partial charge in [-0.15, -0.1) is 11.3 Å². The lowest BCUT2D eigenvalue weighted by Crippen LogP contribution is -3.28. The van der Waals surface area contributed by atoms with Crippen LogP contribution in [0.15, 0.2) is 35.7 Å². The van der Waals surface area contributed by atoms with E-state index in [1.807, 2.05) is 29.5 Å². The van der Waals surface area contributed by atoms with Gasteiger partial charge < -0.3 is 24.6 Å². The number of hydrogen-bond acceptors (Lipinski definition) is 4. The van der Waals surface area contributed by atoms with E-state index in [0.29, 0.717) is 13.1 Å². The van der Waals surface area contributed by atoms with Crippen molar-refractivity contribution < 1.29 is 24.1 Å². The van der Waals surface area contributed by atoms with Crippen molar-refractivity contribution in [3.8, 4) is 11.5 Å². The van der Waals surface area contributed by atoms with E-state index in [1.54, 1.807) is 4.90 Å². The smallest absolute Gasteiger partial charge is 0.275 e. The summed E-state index contributed by atoms with van der Waals surface area (Å²) < 4.78 is 10.7. The number of benzene rings is 1. The number of amides is 1. The lowest BCUT2D eigenvalue weighted by molar-refractivity contribution is -1.01. The van der Waals surface area contributed by atoms with Gasteiger partial charge in [0.1, 0.15) is 32.7 Å². The maximum absolute atomic E-state index is 12.3. The normalized spacial score (nSPS) is 21.5. The molecule has 26 heavy (non-hydrogen) atoms. The summed E-state index contributed by atoms with van der Waals surface area (Å²) in [5, 5.41) is 5.16. The molecule has 1 fully saturated rings. The zero-order chi connectivity index (χ0) is 17.8. The summed E-state index contributed by atoms with van der Waals surface area (Å²) in [5.74, 6) is 1.64. The molecule has 0 bridgehead atoms. The molecule has 1 aromatic heterocycles. The first kappa shape index (κ1) is 17.3. The van der Waals surface area contributed by atoms with Crippen molar-refractivity contribution in [3.05, 3.63) is 46.2 Å². The van der Waals surface area contributed by atoms with E-state index in [2.05, 4.69) is 22.8 Å². The standard InChI is InChI=1S/C19H23N3O3S/c23-19(20-11-15-3-4-17-18(10-15)25-14-24-17)13-22-7-5-21(6-8-22)12-16-2-1-9-26-16/h1-4,9-10H,5-8,11-14H2,(H,20,23)/p+2. The van der Waals surface area contributed by atoms with Gasteiger partial charge in [0.15, 0.2) is 18.0 Å². The molecule has 1 amide bonds. The minimum absolute atomic E-state index is 0.111. The second kappa shape index (κ2) is 8.07. The Morgan fingerprint density at radius 1 is 1.08 bits per heavy atom. The van der Waals surface area contributed by atoms with Crippen LogP contribution < -0.4 is 24.6 Å². The number of nitrogens with one attached hydrogen (secondary N) is 3. The molecule has 1 saturated heterocycles. The van der Waals surface area contributed by atoms with Crippen molar-refractivity contribution in [3.63, 3.8) is 0 Å². The highest BCUT2D eigenvalue weighted by atomic mass is 32.1. The van der Waals surface area contributed by atoms with Crippen molar-refractivity contribution in [2.75, 3.05) is 39.5 Å². The number of quaternary nitrogens is 2. The van der Waals surface area contributed by atoms with Crippen LogP contribution in [0.1, 0.15) is 10.4 Å². The van der Waals surface area contributed by atoms with Crippen LogP contribution in [-0.2, 0) is 17.9 Å². The molecule has 1 aromatic carbocycles. The Morgan fingerprint density at radius 2 is 1.88 bits per heavy atom. The van der Waals surface area contributed by atoms with Gasteiger partial charge in [0, 0.05) is 6.54 Å². The zero-order valence-electron chi connectivity index (χ0n) is 14.8. The third-order valence-corrected chi connectivity index (χ3v) is 5.88. The molecular formula is C19H25N3O3S+2. The molecule has 138 valence electrons. The number of fused-ring (bicyclic) bond motifs is 1. The van der Waals surface area contributed by atoms with Gasteiger partial charge in [0.25, 0.3) is 5.91 Å². The molecule has 7 heteroatoms. The van der Waals surface area contributed by atoms with Crippen molar-refractivity contribution in [2.45, 2.75) is 13.1 Å². The third kappa shape index (κ3) is 4.35. The molecule has 0 radical (unpaired) electrons. The van der Waals surface area contributed by atoms with Gasteiger partial charge in [0.2, 0.25) is 6.79 Å². The fraction of sp³-hybridized carbons (Fsp3) is 0.421. The molecule has 2 aliphatic heterocycles. The first-order valence-electron chi connectivity index (χ1n) is 9.11. The van der Waals surface area contributed by atoms with Crippen LogP contribution in [0.4, 0.5) is 0 Å². The largest absolute Gasteiger partial charge is 0.454 e. The maximum Gasteiger partial charge on any atom is 0.275 e. The molecule has 4 rings (SSSR count). The predicted octanol–water partition coefficient (Wildman–Crippen LogP) is -0.923. The summed E-state index contributed by atoms with van der Waals surface area (Å²) in [7, 11) is 0. The highest BCUT2D eigenvalue weighted by molar-refractivity contribution is 7.09. The lowest BCUT2D eigenvalue weighted by atomic mass is 10.2. The van der Waals surface area contributed by atoms with Crippen LogP contribution in [0.5, 0.6) is 11.5 Å².